The molecule has 2 amide bonds. The van der Waals surface area contributed by atoms with Gasteiger partial charge in [0.15, 0.2) is 5.11 Å². The van der Waals surface area contributed by atoms with Gasteiger partial charge in [-0.3, -0.25) is 19.8 Å². The third-order valence-corrected chi connectivity index (χ3v) is 4.92. The molecule has 1 heterocycles. The van der Waals surface area contributed by atoms with Crippen LogP contribution in [0.5, 0.6) is 5.75 Å². The van der Waals surface area contributed by atoms with Crippen LogP contribution in [0.1, 0.15) is 23.6 Å². The summed E-state index contributed by atoms with van der Waals surface area (Å²) in [4.78, 5) is 27.1. The number of aryl methyl sites for hydroxylation is 2. The van der Waals surface area contributed by atoms with E-state index in [0.29, 0.717) is 23.6 Å². The van der Waals surface area contributed by atoms with Gasteiger partial charge in [0.05, 0.1) is 12.3 Å². The summed E-state index contributed by atoms with van der Waals surface area (Å²) in [6.07, 6.45) is 1.53. The molecular formula is C21H19BrN2O3S. The van der Waals surface area contributed by atoms with Gasteiger partial charge in [0, 0.05) is 10.0 Å². The first-order valence-corrected chi connectivity index (χ1v) is 9.92. The maximum Gasteiger partial charge on any atom is 0.270 e. The Bertz CT molecular complexity index is 996. The van der Waals surface area contributed by atoms with Crippen molar-refractivity contribution in [2.75, 3.05) is 11.5 Å². The van der Waals surface area contributed by atoms with Crippen LogP contribution in [0.3, 0.4) is 0 Å². The molecule has 0 saturated carbocycles. The van der Waals surface area contributed by atoms with Crippen LogP contribution in [-0.4, -0.2) is 23.5 Å². The molecule has 0 bridgehead atoms. The lowest BCUT2D eigenvalue weighted by atomic mass is 10.0. The Morgan fingerprint density at radius 3 is 2.46 bits per heavy atom. The first-order valence-electron chi connectivity index (χ1n) is 8.72. The standard InChI is InChI=1S/C21H19BrN2O3S/c1-4-27-18-6-5-15(22)10-14(18)11-17-19(25)23-21(28)24(20(17)26)16-8-12(2)7-13(3)9-16/h5-11H,4H2,1-3H3,(H,23,25,28). The number of thiocarbonyl (C=S) groups is 1. The van der Waals surface area contributed by atoms with Gasteiger partial charge in [0.25, 0.3) is 11.8 Å². The summed E-state index contributed by atoms with van der Waals surface area (Å²) in [6.45, 7) is 6.23. The Labute approximate surface area is 177 Å². The minimum Gasteiger partial charge on any atom is -0.493 e. The molecule has 1 aliphatic heterocycles. The molecule has 0 spiro atoms. The summed E-state index contributed by atoms with van der Waals surface area (Å²) < 4.78 is 6.43. The Morgan fingerprint density at radius 1 is 1.14 bits per heavy atom. The molecular weight excluding hydrogens is 440 g/mol. The Hall–Kier alpha value is -2.51. The number of nitrogens with one attached hydrogen (secondary N) is 1. The molecule has 2 aromatic rings. The number of halogens is 1. The van der Waals surface area contributed by atoms with E-state index in [1.165, 1.54) is 11.0 Å². The zero-order valence-corrected chi connectivity index (χ0v) is 18.1. The van der Waals surface area contributed by atoms with Gasteiger partial charge in [-0.05, 0) is 80.5 Å². The van der Waals surface area contributed by atoms with E-state index < -0.39 is 11.8 Å². The highest BCUT2D eigenvalue weighted by Gasteiger charge is 2.34. The smallest absolute Gasteiger partial charge is 0.270 e. The molecule has 0 unspecified atom stereocenters. The van der Waals surface area contributed by atoms with Crippen molar-refractivity contribution in [1.29, 1.82) is 0 Å². The lowest BCUT2D eigenvalue weighted by molar-refractivity contribution is -0.122. The Kier molecular flexibility index (Phi) is 5.96. The third-order valence-electron chi connectivity index (χ3n) is 4.14. The second-order valence-corrected chi connectivity index (χ2v) is 7.72. The maximum atomic E-state index is 13.2. The molecule has 1 N–H and O–H groups in total. The van der Waals surface area contributed by atoms with Crippen molar-refractivity contribution in [1.82, 2.24) is 5.32 Å². The highest BCUT2D eigenvalue weighted by Crippen LogP contribution is 2.28. The third kappa shape index (κ3) is 4.15. The molecule has 5 nitrogen and oxygen atoms in total. The van der Waals surface area contributed by atoms with Gasteiger partial charge in [-0.1, -0.05) is 22.0 Å². The molecule has 0 atom stereocenters. The van der Waals surface area contributed by atoms with E-state index in [9.17, 15) is 9.59 Å². The predicted octanol–water partition coefficient (Wildman–Crippen LogP) is 4.30. The minimum absolute atomic E-state index is 0.00758. The van der Waals surface area contributed by atoms with Crippen LogP contribution >= 0.6 is 28.1 Å². The summed E-state index contributed by atoms with van der Waals surface area (Å²) >= 11 is 8.68. The van der Waals surface area contributed by atoms with Gasteiger partial charge in [0.2, 0.25) is 0 Å². The van der Waals surface area contributed by atoms with Crippen LogP contribution in [0.4, 0.5) is 5.69 Å². The van der Waals surface area contributed by atoms with E-state index in [1.807, 2.05) is 45.0 Å². The number of rotatable bonds is 4. The number of hydrogen-bond acceptors (Lipinski definition) is 4. The van der Waals surface area contributed by atoms with E-state index in [0.717, 1.165) is 15.6 Å². The normalized spacial score (nSPS) is 15.8. The summed E-state index contributed by atoms with van der Waals surface area (Å²) in [6, 6.07) is 11.1. The summed E-state index contributed by atoms with van der Waals surface area (Å²) in [7, 11) is 0. The molecule has 1 aliphatic rings. The van der Waals surface area contributed by atoms with Crippen LogP contribution in [0, 0.1) is 13.8 Å². The lowest BCUT2D eigenvalue weighted by Crippen LogP contribution is -2.54. The Balaban J connectivity index is 2.08. The zero-order chi connectivity index (χ0) is 20.4. The van der Waals surface area contributed by atoms with Gasteiger partial charge in [-0.15, -0.1) is 0 Å². The molecule has 0 radical (unpaired) electrons. The molecule has 2 aromatic carbocycles. The second kappa shape index (κ2) is 8.24. The quantitative estimate of drug-likeness (QED) is 0.421. The fourth-order valence-corrected chi connectivity index (χ4v) is 3.71. The topological polar surface area (TPSA) is 58.6 Å². The first kappa shape index (κ1) is 20.2. The van der Waals surface area contributed by atoms with Crippen molar-refractivity contribution in [2.45, 2.75) is 20.8 Å². The average molecular weight is 459 g/mol. The summed E-state index contributed by atoms with van der Waals surface area (Å²) in [5, 5.41) is 2.68. The number of anilines is 1. The highest BCUT2D eigenvalue weighted by molar-refractivity contribution is 9.10. The van der Waals surface area contributed by atoms with Crippen LogP contribution in [0.2, 0.25) is 0 Å². The van der Waals surface area contributed by atoms with Crippen molar-refractivity contribution < 1.29 is 14.3 Å². The highest BCUT2D eigenvalue weighted by atomic mass is 79.9. The Morgan fingerprint density at radius 2 is 1.82 bits per heavy atom. The summed E-state index contributed by atoms with van der Waals surface area (Å²) in [5.74, 6) is -0.413. The van der Waals surface area contributed by atoms with Gasteiger partial charge in [-0.2, -0.15) is 0 Å². The van der Waals surface area contributed by atoms with Gasteiger partial charge in [0.1, 0.15) is 11.3 Å². The van der Waals surface area contributed by atoms with Crippen molar-refractivity contribution in [3.63, 3.8) is 0 Å². The molecule has 1 fully saturated rings. The van der Waals surface area contributed by atoms with Gasteiger partial charge in [-0.25, -0.2) is 0 Å². The van der Waals surface area contributed by atoms with Gasteiger partial charge < -0.3 is 4.74 Å². The summed E-state index contributed by atoms with van der Waals surface area (Å²) in [5.41, 5.74) is 3.24. The van der Waals surface area contributed by atoms with Crippen molar-refractivity contribution >= 4 is 56.8 Å². The lowest BCUT2D eigenvalue weighted by Gasteiger charge is -2.29. The zero-order valence-electron chi connectivity index (χ0n) is 15.7. The second-order valence-electron chi connectivity index (χ2n) is 6.42. The fraction of sp³-hybridized carbons (Fsp3) is 0.190. The van der Waals surface area contributed by atoms with E-state index in [-0.39, 0.29) is 10.7 Å². The molecule has 3 rings (SSSR count). The van der Waals surface area contributed by atoms with Crippen LogP contribution in [0.25, 0.3) is 6.08 Å². The van der Waals surface area contributed by atoms with E-state index in [1.54, 1.807) is 12.1 Å². The van der Waals surface area contributed by atoms with E-state index in [4.69, 9.17) is 17.0 Å². The van der Waals surface area contributed by atoms with Crippen LogP contribution in [0.15, 0.2) is 46.4 Å². The average Bonchev–Trinajstić information content (AvgIpc) is 2.60. The van der Waals surface area contributed by atoms with Crippen molar-refractivity contribution in [3.8, 4) is 5.75 Å². The minimum atomic E-state index is -0.530. The number of amides is 2. The number of carbonyl (C=O) groups is 2. The van der Waals surface area contributed by atoms with Crippen LogP contribution in [-0.2, 0) is 9.59 Å². The van der Waals surface area contributed by atoms with Crippen molar-refractivity contribution in [3.05, 3.63) is 63.1 Å². The number of benzene rings is 2. The molecule has 28 heavy (non-hydrogen) atoms. The number of carbonyl (C=O) groups excluding carboxylic acids is 2. The van der Waals surface area contributed by atoms with Crippen LogP contribution < -0.4 is 15.0 Å². The van der Waals surface area contributed by atoms with Gasteiger partial charge >= 0.3 is 0 Å². The maximum absolute atomic E-state index is 13.2. The first-order chi connectivity index (χ1) is 13.3. The van der Waals surface area contributed by atoms with E-state index in [2.05, 4.69) is 21.2 Å². The molecule has 1 saturated heterocycles. The monoisotopic (exact) mass is 458 g/mol. The van der Waals surface area contributed by atoms with Crippen molar-refractivity contribution in [2.24, 2.45) is 0 Å². The molecule has 144 valence electrons. The number of ether oxygens (including phenoxy) is 1. The molecule has 7 heteroatoms. The predicted molar refractivity (Wildman–Crippen MR) is 117 cm³/mol. The fourth-order valence-electron chi connectivity index (χ4n) is 3.05. The largest absolute Gasteiger partial charge is 0.493 e. The SMILES string of the molecule is CCOc1ccc(Br)cc1C=C1C(=O)NC(=S)N(c2cc(C)cc(C)c2)C1=O. The van der Waals surface area contributed by atoms with E-state index >= 15 is 0 Å². The number of hydrogen-bond donors (Lipinski definition) is 1. The number of nitrogens with zero attached hydrogens (tertiary/aromatic N) is 1. The molecule has 0 aliphatic carbocycles. The molecule has 0 aromatic heterocycles.